The van der Waals surface area contributed by atoms with Crippen LogP contribution >= 0.6 is 0 Å². The lowest BCUT2D eigenvalue weighted by Crippen LogP contribution is -2.45. The van der Waals surface area contributed by atoms with E-state index in [0.717, 1.165) is 18.5 Å². The lowest BCUT2D eigenvalue weighted by atomic mass is 9.99. The van der Waals surface area contributed by atoms with Crippen LogP contribution in [-0.2, 0) is 44.0 Å². The van der Waals surface area contributed by atoms with Gasteiger partial charge in [0, 0.05) is 32.2 Å². The van der Waals surface area contributed by atoms with Crippen molar-refractivity contribution in [2.75, 3.05) is 32.1 Å². The topological polar surface area (TPSA) is 116 Å². The standard InChI is InChI=1S/C18H29N5O5S/c1-2-9-29(25,26)22-6-5-18(12-22)13-23-16(11-28-18)15(20-21-23)10-19-17(24)14-3-7-27-8-4-14/h14H,2-13H2,1H3,(H,19,24). The van der Waals surface area contributed by atoms with Gasteiger partial charge in [-0.25, -0.2) is 13.1 Å². The Bertz CT molecular complexity index is 851. The first-order valence-electron chi connectivity index (χ1n) is 10.3. The monoisotopic (exact) mass is 427 g/mol. The molecule has 11 heteroatoms. The molecule has 0 bridgehead atoms. The number of hydrogen-bond acceptors (Lipinski definition) is 7. The molecule has 1 N–H and O–H groups in total. The third-order valence-corrected chi connectivity index (χ3v) is 8.05. The predicted octanol–water partition coefficient (Wildman–Crippen LogP) is 0.0354. The first-order valence-corrected chi connectivity index (χ1v) is 11.9. The van der Waals surface area contributed by atoms with Crippen LogP contribution in [0.25, 0.3) is 0 Å². The molecule has 10 nitrogen and oxygen atoms in total. The highest BCUT2D eigenvalue weighted by Gasteiger charge is 2.46. The van der Waals surface area contributed by atoms with Crippen LogP contribution in [0.1, 0.15) is 44.0 Å². The van der Waals surface area contributed by atoms with Crippen LogP contribution in [0.15, 0.2) is 0 Å². The van der Waals surface area contributed by atoms with Gasteiger partial charge in [-0.05, 0) is 25.7 Å². The molecule has 1 spiro atoms. The van der Waals surface area contributed by atoms with Crippen molar-refractivity contribution in [3.05, 3.63) is 11.4 Å². The fourth-order valence-corrected chi connectivity index (χ4v) is 5.86. The summed E-state index contributed by atoms with van der Waals surface area (Å²) in [4.78, 5) is 12.3. The van der Waals surface area contributed by atoms with Gasteiger partial charge in [-0.15, -0.1) is 5.10 Å². The van der Waals surface area contributed by atoms with E-state index >= 15 is 0 Å². The van der Waals surface area contributed by atoms with E-state index < -0.39 is 15.6 Å². The van der Waals surface area contributed by atoms with Crippen molar-refractivity contribution in [2.45, 2.75) is 57.9 Å². The lowest BCUT2D eigenvalue weighted by molar-refractivity contribution is -0.128. The highest BCUT2D eigenvalue weighted by Crippen LogP contribution is 2.34. The molecule has 1 unspecified atom stereocenters. The van der Waals surface area contributed by atoms with Gasteiger partial charge in [0.1, 0.15) is 11.3 Å². The third kappa shape index (κ3) is 4.32. The van der Waals surface area contributed by atoms with E-state index in [-0.39, 0.29) is 17.6 Å². The average molecular weight is 428 g/mol. The molecule has 1 amide bonds. The van der Waals surface area contributed by atoms with E-state index in [0.29, 0.717) is 64.5 Å². The number of carbonyl (C=O) groups is 1. The molecular formula is C18H29N5O5S. The molecular weight excluding hydrogens is 398 g/mol. The van der Waals surface area contributed by atoms with Gasteiger partial charge in [0.15, 0.2) is 0 Å². The van der Waals surface area contributed by atoms with Crippen molar-refractivity contribution in [3.8, 4) is 0 Å². The van der Waals surface area contributed by atoms with Gasteiger partial charge in [0.25, 0.3) is 0 Å². The summed E-state index contributed by atoms with van der Waals surface area (Å²) in [6.45, 7) is 5.05. The number of fused-ring (bicyclic) bond motifs is 1. The molecule has 1 atom stereocenters. The van der Waals surface area contributed by atoms with Gasteiger partial charge in [-0.2, -0.15) is 4.31 Å². The number of rotatable bonds is 6. The Balaban J connectivity index is 1.37. The Morgan fingerprint density at radius 2 is 2.10 bits per heavy atom. The number of nitrogens with one attached hydrogen (secondary N) is 1. The van der Waals surface area contributed by atoms with E-state index in [1.165, 1.54) is 4.31 Å². The maximum Gasteiger partial charge on any atom is 0.223 e. The first-order chi connectivity index (χ1) is 13.9. The van der Waals surface area contributed by atoms with Crippen molar-refractivity contribution in [1.29, 1.82) is 0 Å². The van der Waals surface area contributed by atoms with E-state index in [1.54, 1.807) is 4.68 Å². The highest BCUT2D eigenvalue weighted by atomic mass is 32.2. The molecule has 3 aliphatic rings. The molecule has 0 saturated carbocycles. The molecule has 3 aliphatic heterocycles. The molecule has 162 valence electrons. The van der Waals surface area contributed by atoms with Gasteiger partial charge in [0.2, 0.25) is 15.9 Å². The van der Waals surface area contributed by atoms with Crippen molar-refractivity contribution in [2.24, 2.45) is 5.92 Å². The molecule has 2 fully saturated rings. The largest absolute Gasteiger partial charge is 0.381 e. The Morgan fingerprint density at radius 1 is 1.31 bits per heavy atom. The zero-order valence-electron chi connectivity index (χ0n) is 16.8. The third-order valence-electron chi connectivity index (χ3n) is 6.03. The number of aromatic nitrogens is 3. The molecule has 29 heavy (non-hydrogen) atoms. The normalized spacial score (nSPS) is 26.0. The number of ether oxygens (including phenoxy) is 2. The number of carbonyl (C=O) groups excluding carboxylic acids is 1. The van der Waals surface area contributed by atoms with Crippen LogP contribution in [0.4, 0.5) is 0 Å². The van der Waals surface area contributed by atoms with Gasteiger partial charge < -0.3 is 14.8 Å². The van der Waals surface area contributed by atoms with Crippen molar-refractivity contribution < 1.29 is 22.7 Å². The second-order valence-corrected chi connectivity index (χ2v) is 10.2. The molecule has 4 heterocycles. The SMILES string of the molecule is CCCS(=O)(=O)N1CCC2(C1)Cn1nnc(CNC(=O)C3CCOCC3)c1CO2. The van der Waals surface area contributed by atoms with Crippen molar-refractivity contribution in [3.63, 3.8) is 0 Å². The molecule has 1 aromatic heterocycles. The average Bonchev–Trinajstić information content (AvgIpc) is 3.31. The van der Waals surface area contributed by atoms with Gasteiger partial charge >= 0.3 is 0 Å². The second-order valence-electron chi connectivity index (χ2n) is 8.12. The van der Waals surface area contributed by atoms with Crippen molar-refractivity contribution >= 4 is 15.9 Å². The quantitative estimate of drug-likeness (QED) is 0.681. The fraction of sp³-hybridized carbons (Fsp3) is 0.833. The maximum atomic E-state index is 12.4. The molecule has 0 aromatic carbocycles. The van der Waals surface area contributed by atoms with E-state index in [9.17, 15) is 13.2 Å². The summed E-state index contributed by atoms with van der Waals surface area (Å²) in [5.74, 6) is 0.175. The van der Waals surface area contributed by atoms with Crippen molar-refractivity contribution in [1.82, 2.24) is 24.6 Å². The minimum absolute atomic E-state index is 0.00999. The number of nitrogens with zero attached hydrogens (tertiary/aromatic N) is 4. The van der Waals surface area contributed by atoms with Crippen LogP contribution < -0.4 is 5.32 Å². The molecule has 0 aliphatic carbocycles. The van der Waals surface area contributed by atoms with Gasteiger partial charge in [0.05, 0.1) is 31.1 Å². The maximum absolute atomic E-state index is 12.4. The van der Waals surface area contributed by atoms with E-state index in [2.05, 4.69) is 15.6 Å². The molecule has 2 saturated heterocycles. The lowest BCUT2D eigenvalue weighted by Gasteiger charge is -2.34. The zero-order valence-corrected chi connectivity index (χ0v) is 17.6. The summed E-state index contributed by atoms with van der Waals surface area (Å²) < 4.78 is 39.5. The fourth-order valence-electron chi connectivity index (χ4n) is 4.29. The first kappa shape index (κ1) is 20.7. The van der Waals surface area contributed by atoms with E-state index in [4.69, 9.17) is 9.47 Å². The molecule has 4 rings (SSSR count). The Morgan fingerprint density at radius 3 is 2.86 bits per heavy atom. The summed E-state index contributed by atoms with van der Waals surface area (Å²) in [5.41, 5.74) is 0.996. The number of hydrogen-bond donors (Lipinski definition) is 1. The van der Waals surface area contributed by atoms with Crippen LogP contribution in [0.2, 0.25) is 0 Å². The Kier molecular flexibility index (Phi) is 5.92. The molecule has 1 aromatic rings. The van der Waals surface area contributed by atoms with Crippen LogP contribution in [-0.4, -0.2) is 71.3 Å². The Labute approximate surface area is 171 Å². The zero-order chi connectivity index (χ0) is 20.5. The summed E-state index contributed by atoms with van der Waals surface area (Å²) in [6.07, 6.45) is 2.73. The number of sulfonamides is 1. The highest BCUT2D eigenvalue weighted by molar-refractivity contribution is 7.89. The van der Waals surface area contributed by atoms with Crippen LogP contribution in [0, 0.1) is 5.92 Å². The predicted molar refractivity (Wildman–Crippen MR) is 103 cm³/mol. The van der Waals surface area contributed by atoms with Crippen LogP contribution in [0.3, 0.4) is 0 Å². The summed E-state index contributed by atoms with van der Waals surface area (Å²) in [5, 5.41) is 11.4. The summed E-state index contributed by atoms with van der Waals surface area (Å²) in [7, 11) is -3.23. The molecule has 0 radical (unpaired) electrons. The van der Waals surface area contributed by atoms with Gasteiger partial charge in [-0.3, -0.25) is 4.79 Å². The Hall–Kier alpha value is -1.56. The number of amides is 1. The summed E-state index contributed by atoms with van der Waals surface area (Å²) >= 11 is 0. The van der Waals surface area contributed by atoms with Crippen LogP contribution in [0.5, 0.6) is 0 Å². The summed E-state index contributed by atoms with van der Waals surface area (Å²) in [6, 6.07) is 0. The minimum atomic E-state index is -3.23. The van der Waals surface area contributed by atoms with E-state index in [1.807, 2.05) is 6.92 Å². The smallest absolute Gasteiger partial charge is 0.223 e. The van der Waals surface area contributed by atoms with Gasteiger partial charge in [-0.1, -0.05) is 12.1 Å². The second kappa shape index (κ2) is 8.29. The minimum Gasteiger partial charge on any atom is -0.381 e.